The van der Waals surface area contributed by atoms with Crippen molar-refractivity contribution in [2.45, 2.75) is 46.1 Å². The molecule has 1 aromatic carbocycles. The maximum Gasteiger partial charge on any atom is 0.341 e. The quantitative estimate of drug-likeness (QED) is 0.547. The van der Waals surface area contributed by atoms with E-state index in [1.807, 2.05) is 32.0 Å². The predicted octanol–water partition coefficient (Wildman–Crippen LogP) is 4.82. The molecule has 1 N–H and O–H groups in total. The lowest BCUT2D eigenvalue weighted by Crippen LogP contribution is -2.18. The molecule has 0 fully saturated rings. The summed E-state index contributed by atoms with van der Waals surface area (Å²) < 4.78 is 16.1. The number of hydrogen-bond donors (Lipinski definition) is 1. The Morgan fingerprint density at radius 1 is 1.27 bits per heavy atom. The Hall–Kier alpha value is -2.80. The topological polar surface area (TPSA) is 73.9 Å². The molecule has 1 unspecified atom stereocenters. The zero-order chi connectivity index (χ0) is 21.3. The van der Waals surface area contributed by atoms with Gasteiger partial charge in [0, 0.05) is 11.0 Å². The normalized spacial score (nSPS) is 17.3. The van der Waals surface area contributed by atoms with Gasteiger partial charge in [0.1, 0.15) is 5.00 Å². The summed E-state index contributed by atoms with van der Waals surface area (Å²) in [6.07, 6.45) is 5.73. The van der Waals surface area contributed by atoms with Gasteiger partial charge >= 0.3 is 5.97 Å². The fourth-order valence-electron chi connectivity index (χ4n) is 3.67. The Bertz CT molecular complexity index is 1010. The van der Waals surface area contributed by atoms with Gasteiger partial charge in [0.2, 0.25) is 12.7 Å². The van der Waals surface area contributed by atoms with E-state index in [-0.39, 0.29) is 24.8 Å². The minimum absolute atomic E-state index is 0.208. The molecule has 30 heavy (non-hydrogen) atoms. The van der Waals surface area contributed by atoms with E-state index < -0.39 is 0 Å². The number of carbonyl (C=O) groups is 2. The summed E-state index contributed by atoms with van der Waals surface area (Å²) in [4.78, 5) is 26.5. The van der Waals surface area contributed by atoms with Gasteiger partial charge in [0.15, 0.2) is 11.5 Å². The van der Waals surface area contributed by atoms with Crippen molar-refractivity contribution in [1.82, 2.24) is 0 Å². The van der Waals surface area contributed by atoms with Gasteiger partial charge in [-0.1, -0.05) is 13.0 Å². The van der Waals surface area contributed by atoms with Gasteiger partial charge in [0.05, 0.1) is 11.7 Å². The maximum absolute atomic E-state index is 12.7. The summed E-state index contributed by atoms with van der Waals surface area (Å²) in [5, 5.41) is 3.46. The van der Waals surface area contributed by atoms with Crippen molar-refractivity contribution >= 4 is 34.3 Å². The molecule has 1 amide bonds. The van der Waals surface area contributed by atoms with E-state index >= 15 is 0 Å². The van der Waals surface area contributed by atoms with E-state index in [4.69, 9.17) is 14.2 Å². The van der Waals surface area contributed by atoms with Gasteiger partial charge in [-0.05, 0) is 68.4 Å². The lowest BCUT2D eigenvalue weighted by atomic mass is 9.88. The van der Waals surface area contributed by atoms with Crippen LogP contribution in [0.15, 0.2) is 24.3 Å². The van der Waals surface area contributed by atoms with Crippen molar-refractivity contribution in [1.29, 1.82) is 0 Å². The van der Waals surface area contributed by atoms with Crippen LogP contribution in [0.1, 0.15) is 53.6 Å². The lowest BCUT2D eigenvalue weighted by Gasteiger charge is -2.18. The smallest absolute Gasteiger partial charge is 0.341 e. The van der Waals surface area contributed by atoms with Crippen molar-refractivity contribution in [3.05, 3.63) is 45.8 Å². The second kappa shape index (κ2) is 8.52. The van der Waals surface area contributed by atoms with Crippen LogP contribution in [0.3, 0.4) is 0 Å². The van der Waals surface area contributed by atoms with Gasteiger partial charge in [-0.25, -0.2) is 4.79 Å². The molecule has 1 aromatic heterocycles. The fourth-order valence-corrected chi connectivity index (χ4v) is 5.07. The van der Waals surface area contributed by atoms with Crippen LogP contribution in [0.4, 0.5) is 5.00 Å². The van der Waals surface area contributed by atoms with E-state index in [1.165, 1.54) is 22.3 Å². The molecular formula is C23H25NO5S. The monoisotopic (exact) mass is 427 g/mol. The Balaban J connectivity index is 1.54. The summed E-state index contributed by atoms with van der Waals surface area (Å²) in [6.45, 7) is 6.07. The third-order valence-electron chi connectivity index (χ3n) is 5.12. The molecule has 0 bridgehead atoms. The molecule has 2 aromatic rings. The average Bonchev–Trinajstić information content (AvgIpc) is 3.28. The van der Waals surface area contributed by atoms with Crippen LogP contribution in [-0.4, -0.2) is 24.8 Å². The second-order valence-electron chi connectivity index (χ2n) is 7.95. The molecule has 1 aliphatic carbocycles. The third-order valence-corrected chi connectivity index (χ3v) is 6.29. The van der Waals surface area contributed by atoms with Gasteiger partial charge in [-0.15, -0.1) is 11.3 Å². The number of hydrogen-bond acceptors (Lipinski definition) is 6. The average molecular weight is 428 g/mol. The Morgan fingerprint density at radius 3 is 2.87 bits per heavy atom. The number of carbonyl (C=O) groups excluding carboxylic acids is 2. The summed E-state index contributed by atoms with van der Waals surface area (Å²) in [5.41, 5.74) is 2.37. The number of ether oxygens (including phenoxy) is 3. The first-order chi connectivity index (χ1) is 14.4. The number of thiophene rings is 1. The Labute approximate surface area is 179 Å². The molecule has 7 heteroatoms. The summed E-state index contributed by atoms with van der Waals surface area (Å²) in [6, 6.07) is 5.49. The van der Waals surface area contributed by atoms with E-state index in [1.54, 1.807) is 6.08 Å². The Kier molecular flexibility index (Phi) is 5.81. The minimum Gasteiger partial charge on any atom is -0.459 e. The SMILES string of the molecule is CC1CCc2c(sc(NC(=O)/C=C/c3ccc4c(c3)OCO4)c2C(=O)OC(C)C)C1. The number of benzene rings is 1. The van der Waals surface area contributed by atoms with E-state index in [9.17, 15) is 9.59 Å². The van der Waals surface area contributed by atoms with Crippen LogP contribution in [0.5, 0.6) is 11.5 Å². The van der Waals surface area contributed by atoms with Crippen LogP contribution in [0.25, 0.3) is 6.08 Å². The van der Waals surface area contributed by atoms with Gasteiger partial charge in [0.25, 0.3) is 0 Å². The van der Waals surface area contributed by atoms with Gasteiger partial charge in [-0.2, -0.15) is 0 Å². The molecule has 0 spiro atoms. The van der Waals surface area contributed by atoms with Crippen molar-refractivity contribution in [2.24, 2.45) is 5.92 Å². The molecule has 158 valence electrons. The van der Waals surface area contributed by atoms with E-state index in [2.05, 4.69) is 12.2 Å². The molecule has 0 saturated heterocycles. The predicted molar refractivity (Wildman–Crippen MR) is 116 cm³/mol. The molecule has 0 saturated carbocycles. The number of fused-ring (bicyclic) bond motifs is 2. The lowest BCUT2D eigenvalue weighted by molar-refractivity contribution is -0.111. The van der Waals surface area contributed by atoms with Crippen LogP contribution in [-0.2, 0) is 22.4 Å². The van der Waals surface area contributed by atoms with Crippen molar-refractivity contribution < 1.29 is 23.8 Å². The molecule has 2 aliphatic rings. The third kappa shape index (κ3) is 4.36. The summed E-state index contributed by atoms with van der Waals surface area (Å²) in [7, 11) is 0. The van der Waals surface area contributed by atoms with Crippen molar-refractivity contribution in [3.8, 4) is 11.5 Å². The highest BCUT2D eigenvalue weighted by atomic mass is 32.1. The van der Waals surface area contributed by atoms with Gasteiger partial charge < -0.3 is 19.5 Å². The van der Waals surface area contributed by atoms with Crippen molar-refractivity contribution in [2.75, 3.05) is 12.1 Å². The van der Waals surface area contributed by atoms with E-state index in [0.717, 1.165) is 30.4 Å². The second-order valence-corrected chi connectivity index (χ2v) is 9.05. The van der Waals surface area contributed by atoms with Crippen LogP contribution in [0.2, 0.25) is 0 Å². The largest absolute Gasteiger partial charge is 0.459 e. The van der Waals surface area contributed by atoms with Gasteiger partial charge in [-0.3, -0.25) is 4.79 Å². The minimum atomic E-state index is -0.368. The first kappa shape index (κ1) is 20.5. The molecule has 1 atom stereocenters. The highest BCUT2D eigenvalue weighted by molar-refractivity contribution is 7.17. The molecule has 6 nitrogen and oxygen atoms in total. The first-order valence-corrected chi connectivity index (χ1v) is 11.0. The highest BCUT2D eigenvalue weighted by Crippen LogP contribution is 2.40. The standard InChI is InChI=1S/C23H25NO5S/c1-13(2)29-23(26)21-16-7-4-14(3)10-19(16)30-22(21)24-20(25)9-6-15-5-8-17-18(11-15)28-12-27-17/h5-6,8-9,11,13-14H,4,7,10,12H2,1-3H3,(H,24,25)/b9-6+. The van der Waals surface area contributed by atoms with Crippen LogP contribution in [0, 0.1) is 5.92 Å². The van der Waals surface area contributed by atoms with Crippen molar-refractivity contribution in [3.63, 3.8) is 0 Å². The molecule has 1 aliphatic heterocycles. The number of esters is 1. The highest BCUT2D eigenvalue weighted by Gasteiger charge is 2.29. The maximum atomic E-state index is 12.7. The number of rotatable bonds is 5. The van der Waals surface area contributed by atoms with Crippen LogP contribution >= 0.6 is 11.3 Å². The van der Waals surface area contributed by atoms with E-state index in [0.29, 0.717) is 28.0 Å². The summed E-state index contributed by atoms with van der Waals surface area (Å²) >= 11 is 1.48. The molecular weight excluding hydrogens is 402 g/mol. The van der Waals surface area contributed by atoms with Crippen LogP contribution < -0.4 is 14.8 Å². The molecule has 0 radical (unpaired) electrons. The zero-order valence-corrected chi connectivity index (χ0v) is 18.1. The first-order valence-electron chi connectivity index (χ1n) is 10.1. The molecule has 4 rings (SSSR count). The zero-order valence-electron chi connectivity index (χ0n) is 17.3. The number of anilines is 1. The fraction of sp³-hybridized carbons (Fsp3) is 0.391. The number of nitrogens with one attached hydrogen (secondary N) is 1. The summed E-state index contributed by atoms with van der Waals surface area (Å²) in [5.74, 6) is 1.27. The number of amides is 1. The Morgan fingerprint density at radius 2 is 2.07 bits per heavy atom. The molecule has 2 heterocycles.